The minimum absolute atomic E-state index is 0.390. The monoisotopic (exact) mass is 353 g/mol. The topological polar surface area (TPSA) is 12.9 Å². The number of fused-ring (bicyclic) bond motifs is 1. The van der Waals surface area contributed by atoms with Crippen molar-refractivity contribution in [1.29, 1.82) is 0 Å². The van der Waals surface area contributed by atoms with E-state index in [0.29, 0.717) is 4.83 Å². The largest absolute Gasteiger partial charge is 0.261 e. The lowest BCUT2D eigenvalue weighted by Crippen LogP contribution is -1.98. The summed E-state index contributed by atoms with van der Waals surface area (Å²) in [5, 5.41) is 0. The van der Waals surface area contributed by atoms with Crippen LogP contribution in [0.5, 0.6) is 0 Å². The van der Waals surface area contributed by atoms with Crippen LogP contribution in [-0.4, -0.2) is 10.7 Å². The van der Waals surface area contributed by atoms with E-state index in [-0.39, 0.29) is 0 Å². The standard InChI is InChI=1S/C15H16BrNS2/c1-10-3-2-5-17-13(10)8-12(16)15-7-11-9-18-6-4-14(11)19-15/h2-3,5,7,12H,4,6,8-9H2,1H3. The summed E-state index contributed by atoms with van der Waals surface area (Å²) in [4.78, 5) is 7.94. The number of rotatable bonds is 3. The maximum absolute atomic E-state index is 4.50. The van der Waals surface area contributed by atoms with Gasteiger partial charge in [0, 0.05) is 33.8 Å². The molecule has 3 rings (SSSR count). The zero-order valence-corrected chi connectivity index (χ0v) is 14.1. The van der Waals surface area contributed by atoms with Crippen LogP contribution in [0.3, 0.4) is 0 Å². The van der Waals surface area contributed by atoms with E-state index in [0.717, 1.165) is 6.42 Å². The van der Waals surface area contributed by atoms with E-state index in [1.165, 1.54) is 34.1 Å². The summed E-state index contributed by atoms with van der Waals surface area (Å²) in [6, 6.07) is 6.53. The van der Waals surface area contributed by atoms with Gasteiger partial charge in [-0.3, -0.25) is 4.98 Å². The average molecular weight is 354 g/mol. The number of nitrogens with zero attached hydrogens (tertiary/aromatic N) is 1. The zero-order valence-electron chi connectivity index (χ0n) is 10.9. The summed E-state index contributed by atoms with van der Waals surface area (Å²) in [6.07, 6.45) is 4.10. The second-order valence-corrected chi connectivity index (χ2v) is 8.22. The Morgan fingerprint density at radius 1 is 1.47 bits per heavy atom. The number of pyridine rings is 1. The average Bonchev–Trinajstić information content (AvgIpc) is 2.85. The second kappa shape index (κ2) is 5.98. The van der Waals surface area contributed by atoms with Crippen molar-refractivity contribution in [3.63, 3.8) is 0 Å². The molecule has 0 aliphatic carbocycles. The Morgan fingerprint density at radius 2 is 2.37 bits per heavy atom. The molecule has 1 aliphatic heterocycles. The molecule has 0 N–H and O–H groups in total. The molecule has 0 fully saturated rings. The number of hydrogen-bond donors (Lipinski definition) is 0. The molecule has 1 aliphatic rings. The number of alkyl halides is 1. The number of halogens is 1. The fourth-order valence-corrected chi connectivity index (χ4v) is 5.40. The third-order valence-electron chi connectivity index (χ3n) is 3.45. The summed E-state index contributed by atoms with van der Waals surface area (Å²) in [6.45, 7) is 2.14. The maximum Gasteiger partial charge on any atom is 0.0544 e. The number of hydrogen-bond acceptors (Lipinski definition) is 3. The van der Waals surface area contributed by atoms with Crippen molar-refractivity contribution in [2.75, 3.05) is 5.75 Å². The van der Waals surface area contributed by atoms with E-state index in [1.807, 2.05) is 35.4 Å². The third kappa shape index (κ3) is 3.06. The van der Waals surface area contributed by atoms with Crippen molar-refractivity contribution < 1.29 is 0 Å². The highest BCUT2D eigenvalue weighted by Gasteiger charge is 2.18. The zero-order chi connectivity index (χ0) is 13.2. The van der Waals surface area contributed by atoms with Gasteiger partial charge in [0.1, 0.15) is 0 Å². The highest BCUT2D eigenvalue weighted by Crippen LogP contribution is 2.38. The first-order chi connectivity index (χ1) is 9.24. The lowest BCUT2D eigenvalue weighted by Gasteiger charge is -2.09. The highest BCUT2D eigenvalue weighted by atomic mass is 79.9. The number of aryl methyl sites for hydroxylation is 2. The molecule has 3 heterocycles. The van der Waals surface area contributed by atoms with Gasteiger partial charge in [-0.05, 0) is 42.4 Å². The van der Waals surface area contributed by atoms with Crippen molar-refractivity contribution in [1.82, 2.24) is 4.98 Å². The molecular formula is C15H16BrNS2. The second-order valence-electron chi connectivity index (χ2n) is 4.84. The molecular weight excluding hydrogens is 338 g/mol. The molecule has 19 heavy (non-hydrogen) atoms. The molecule has 1 nitrogen and oxygen atoms in total. The molecule has 1 unspecified atom stereocenters. The molecule has 2 aromatic rings. The fourth-order valence-electron chi connectivity index (χ4n) is 2.33. The van der Waals surface area contributed by atoms with Crippen LogP contribution >= 0.6 is 39.0 Å². The Hall–Kier alpha value is -0.320. The van der Waals surface area contributed by atoms with Crippen LogP contribution in [0.15, 0.2) is 24.4 Å². The molecule has 100 valence electrons. The van der Waals surface area contributed by atoms with Crippen molar-refractivity contribution >= 4 is 39.0 Å². The predicted octanol–water partition coefficient (Wildman–Crippen LogP) is 4.92. The number of thiophene rings is 1. The molecule has 0 aromatic carbocycles. The fraction of sp³-hybridized carbons (Fsp3) is 0.400. The van der Waals surface area contributed by atoms with Crippen LogP contribution in [-0.2, 0) is 18.6 Å². The van der Waals surface area contributed by atoms with E-state index in [1.54, 1.807) is 10.4 Å². The van der Waals surface area contributed by atoms with Crippen LogP contribution in [0.2, 0.25) is 0 Å². The Balaban J connectivity index is 1.79. The SMILES string of the molecule is Cc1cccnc1CC(Br)c1cc2c(s1)CCSC2. The first-order valence-corrected chi connectivity index (χ1v) is 9.36. The van der Waals surface area contributed by atoms with Crippen molar-refractivity contribution in [3.8, 4) is 0 Å². The predicted molar refractivity (Wildman–Crippen MR) is 88.5 cm³/mol. The molecule has 0 spiro atoms. The molecule has 0 bridgehead atoms. The quantitative estimate of drug-likeness (QED) is 0.726. The van der Waals surface area contributed by atoms with Gasteiger partial charge in [0.2, 0.25) is 0 Å². The smallest absolute Gasteiger partial charge is 0.0544 e. The number of aromatic nitrogens is 1. The first kappa shape index (κ1) is 13.7. The Kier molecular flexibility index (Phi) is 4.30. The Morgan fingerprint density at radius 3 is 3.16 bits per heavy atom. The van der Waals surface area contributed by atoms with Crippen molar-refractivity contribution in [3.05, 3.63) is 51.0 Å². The summed E-state index contributed by atoms with van der Waals surface area (Å²) in [5.41, 5.74) is 4.03. The van der Waals surface area contributed by atoms with E-state index < -0.39 is 0 Å². The van der Waals surface area contributed by atoms with Crippen LogP contribution in [0.25, 0.3) is 0 Å². The van der Waals surface area contributed by atoms with E-state index in [4.69, 9.17) is 0 Å². The Labute approximate surface area is 131 Å². The van der Waals surface area contributed by atoms with Gasteiger partial charge in [-0.15, -0.1) is 11.3 Å². The van der Waals surface area contributed by atoms with Gasteiger partial charge < -0.3 is 0 Å². The van der Waals surface area contributed by atoms with Gasteiger partial charge in [0.15, 0.2) is 0 Å². The normalized spacial score (nSPS) is 16.1. The lowest BCUT2D eigenvalue weighted by atomic mass is 10.1. The molecule has 0 radical (unpaired) electrons. The molecule has 0 amide bonds. The number of thioether (sulfide) groups is 1. The Bertz CT molecular complexity index is 556. The van der Waals surface area contributed by atoms with Gasteiger partial charge >= 0.3 is 0 Å². The summed E-state index contributed by atoms with van der Waals surface area (Å²) >= 11 is 7.88. The van der Waals surface area contributed by atoms with Crippen LogP contribution in [0.4, 0.5) is 0 Å². The van der Waals surface area contributed by atoms with Crippen LogP contribution in [0, 0.1) is 6.92 Å². The van der Waals surface area contributed by atoms with E-state index in [9.17, 15) is 0 Å². The molecule has 0 saturated carbocycles. The maximum atomic E-state index is 4.50. The highest BCUT2D eigenvalue weighted by molar-refractivity contribution is 9.09. The van der Waals surface area contributed by atoms with Crippen LogP contribution < -0.4 is 0 Å². The minimum atomic E-state index is 0.390. The molecule has 0 saturated heterocycles. The van der Waals surface area contributed by atoms with E-state index in [2.05, 4.69) is 40.0 Å². The summed E-state index contributed by atoms with van der Waals surface area (Å²) in [7, 11) is 0. The van der Waals surface area contributed by atoms with Crippen molar-refractivity contribution in [2.45, 2.75) is 30.3 Å². The van der Waals surface area contributed by atoms with Gasteiger partial charge in [-0.25, -0.2) is 0 Å². The van der Waals surface area contributed by atoms with Gasteiger partial charge in [0.05, 0.1) is 4.83 Å². The van der Waals surface area contributed by atoms with Crippen LogP contribution in [0.1, 0.15) is 31.4 Å². The van der Waals surface area contributed by atoms with Gasteiger partial charge in [-0.1, -0.05) is 22.0 Å². The minimum Gasteiger partial charge on any atom is -0.261 e. The molecule has 2 aromatic heterocycles. The first-order valence-electron chi connectivity index (χ1n) is 6.48. The summed E-state index contributed by atoms with van der Waals surface area (Å²) in [5.74, 6) is 2.47. The van der Waals surface area contributed by atoms with E-state index >= 15 is 0 Å². The van der Waals surface area contributed by atoms with Gasteiger partial charge in [0.25, 0.3) is 0 Å². The lowest BCUT2D eigenvalue weighted by molar-refractivity contribution is 0.905. The molecule has 4 heteroatoms. The molecule has 1 atom stereocenters. The van der Waals surface area contributed by atoms with Crippen molar-refractivity contribution in [2.24, 2.45) is 0 Å². The third-order valence-corrected chi connectivity index (χ3v) is 6.92. The van der Waals surface area contributed by atoms with Gasteiger partial charge in [-0.2, -0.15) is 11.8 Å². The summed E-state index contributed by atoms with van der Waals surface area (Å²) < 4.78 is 0.